The van der Waals surface area contributed by atoms with E-state index < -0.39 is 18.1 Å². The number of pyridine rings is 1. The number of nitrogens with two attached hydrogens (primary N) is 1. The summed E-state index contributed by atoms with van der Waals surface area (Å²) in [5, 5.41) is 17.7. The van der Waals surface area contributed by atoms with E-state index in [2.05, 4.69) is 20.9 Å². The molecule has 0 aromatic carbocycles. The van der Waals surface area contributed by atoms with Crippen LogP contribution in [0.5, 0.6) is 0 Å². The van der Waals surface area contributed by atoms with Gasteiger partial charge in [-0.2, -0.15) is 0 Å². The highest BCUT2D eigenvalue weighted by molar-refractivity contribution is 9.10. The lowest BCUT2D eigenvalue weighted by Gasteiger charge is -2.14. The third-order valence-corrected chi connectivity index (χ3v) is 2.11. The standard InChI is InChI=1S/C8H9BrN2O3/c9-5-3-1-2-4(11-5)6(10)7(12)8(13)14/h1-3,6-7,12H,10H2,(H,13,14)/t6-,7+/m0/s1. The van der Waals surface area contributed by atoms with Crippen LogP contribution in [-0.4, -0.2) is 27.3 Å². The molecule has 1 aromatic heterocycles. The van der Waals surface area contributed by atoms with Gasteiger partial charge in [0, 0.05) is 0 Å². The Bertz CT molecular complexity index is 345. The van der Waals surface area contributed by atoms with E-state index in [4.69, 9.17) is 15.9 Å². The number of hydrogen-bond acceptors (Lipinski definition) is 4. The van der Waals surface area contributed by atoms with Crippen LogP contribution in [0.3, 0.4) is 0 Å². The van der Waals surface area contributed by atoms with Gasteiger partial charge in [0.25, 0.3) is 0 Å². The molecule has 5 nitrogen and oxygen atoms in total. The molecule has 1 heterocycles. The molecule has 6 heteroatoms. The van der Waals surface area contributed by atoms with E-state index >= 15 is 0 Å². The van der Waals surface area contributed by atoms with Crippen LogP contribution in [0.4, 0.5) is 0 Å². The molecule has 0 saturated carbocycles. The molecule has 0 amide bonds. The normalized spacial score (nSPS) is 14.8. The van der Waals surface area contributed by atoms with Crippen LogP contribution in [0.2, 0.25) is 0 Å². The summed E-state index contributed by atoms with van der Waals surface area (Å²) in [7, 11) is 0. The zero-order valence-corrected chi connectivity index (χ0v) is 8.68. The highest BCUT2D eigenvalue weighted by Crippen LogP contribution is 2.14. The monoisotopic (exact) mass is 260 g/mol. The highest BCUT2D eigenvalue weighted by atomic mass is 79.9. The molecule has 0 bridgehead atoms. The van der Waals surface area contributed by atoms with Crippen LogP contribution in [0, 0.1) is 0 Å². The number of carboxylic acid groups (broad SMARTS) is 1. The largest absolute Gasteiger partial charge is 0.479 e. The Morgan fingerprint density at radius 2 is 2.21 bits per heavy atom. The molecule has 0 aliphatic heterocycles. The summed E-state index contributed by atoms with van der Waals surface area (Å²) in [4.78, 5) is 14.4. The SMILES string of the molecule is N[C@@H](c1cccc(Br)n1)[C@@H](O)C(=O)O. The van der Waals surface area contributed by atoms with Gasteiger partial charge in [0.2, 0.25) is 0 Å². The molecule has 1 rings (SSSR count). The first-order chi connectivity index (χ1) is 6.52. The van der Waals surface area contributed by atoms with E-state index in [0.717, 1.165) is 0 Å². The molecule has 2 atom stereocenters. The van der Waals surface area contributed by atoms with Crippen molar-refractivity contribution in [2.45, 2.75) is 12.1 Å². The lowest BCUT2D eigenvalue weighted by atomic mass is 10.1. The molecule has 0 aliphatic carbocycles. The van der Waals surface area contributed by atoms with E-state index in [9.17, 15) is 4.79 Å². The van der Waals surface area contributed by atoms with Crippen molar-refractivity contribution >= 4 is 21.9 Å². The quantitative estimate of drug-likeness (QED) is 0.679. The molecule has 0 spiro atoms. The maximum atomic E-state index is 10.4. The molecule has 0 aliphatic rings. The average Bonchev–Trinajstić information content (AvgIpc) is 2.15. The molecular formula is C8H9BrN2O3. The van der Waals surface area contributed by atoms with Crippen LogP contribution in [0.25, 0.3) is 0 Å². The molecule has 1 aromatic rings. The molecule has 14 heavy (non-hydrogen) atoms. The van der Waals surface area contributed by atoms with Gasteiger partial charge in [-0.1, -0.05) is 6.07 Å². The first-order valence-electron chi connectivity index (χ1n) is 3.81. The first-order valence-corrected chi connectivity index (χ1v) is 4.60. The number of aliphatic hydroxyl groups is 1. The summed E-state index contributed by atoms with van der Waals surface area (Å²) < 4.78 is 0.544. The third kappa shape index (κ3) is 2.50. The summed E-state index contributed by atoms with van der Waals surface area (Å²) in [6.07, 6.45) is -1.64. The van der Waals surface area contributed by atoms with Gasteiger partial charge in [-0.15, -0.1) is 0 Å². The van der Waals surface area contributed by atoms with Gasteiger partial charge in [0.15, 0.2) is 6.10 Å². The second-order valence-corrected chi connectivity index (χ2v) is 3.51. The van der Waals surface area contributed by atoms with Crippen molar-refractivity contribution < 1.29 is 15.0 Å². The summed E-state index contributed by atoms with van der Waals surface area (Å²) in [6.45, 7) is 0. The number of aliphatic carboxylic acids is 1. The van der Waals surface area contributed by atoms with Crippen LogP contribution in [0.15, 0.2) is 22.8 Å². The van der Waals surface area contributed by atoms with E-state index in [1.54, 1.807) is 18.2 Å². The van der Waals surface area contributed by atoms with Gasteiger partial charge < -0.3 is 15.9 Å². The van der Waals surface area contributed by atoms with Crippen molar-refractivity contribution in [3.63, 3.8) is 0 Å². The van der Waals surface area contributed by atoms with Crippen molar-refractivity contribution in [3.05, 3.63) is 28.5 Å². The zero-order valence-electron chi connectivity index (χ0n) is 7.09. The van der Waals surface area contributed by atoms with Crippen molar-refractivity contribution in [3.8, 4) is 0 Å². The summed E-state index contributed by atoms with van der Waals surface area (Å²) in [5.41, 5.74) is 5.82. The van der Waals surface area contributed by atoms with E-state index in [1.807, 2.05) is 0 Å². The fourth-order valence-corrected chi connectivity index (χ4v) is 1.28. The van der Waals surface area contributed by atoms with Gasteiger partial charge in [-0.05, 0) is 28.1 Å². The molecule has 0 unspecified atom stereocenters. The van der Waals surface area contributed by atoms with Crippen molar-refractivity contribution in [2.75, 3.05) is 0 Å². The number of rotatable bonds is 3. The number of aliphatic hydroxyl groups excluding tert-OH is 1. The molecule has 76 valence electrons. The minimum Gasteiger partial charge on any atom is -0.479 e. The minimum absolute atomic E-state index is 0.328. The number of carboxylic acids is 1. The topological polar surface area (TPSA) is 96.4 Å². The van der Waals surface area contributed by atoms with Gasteiger partial charge in [0.1, 0.15) is 4.60 Å². The molecule has 0 radical (unpaired) electrons. The summed E-state index contributed by atoms with van der Waals surface area (Å²) in [5.74, 6) is -1.36. The fourth-order valence-electron chi connectivity index (χ4n) is 0.925. The van der Waals surface area contributed by atoms with Gasteiger partial charge >= 0.3 is 5.97 Å². The Morgan fingerprint density at radius 3 is 2.71 bits per heavy atom. The van der Waals surface area contributed by atoms with Crippen molar-refractivity contribution in [2.24, 2.45) is 5.73 Å². The maximum absolute atomic E-state index is 10.4. The van der Waals surface area contributed by atoms with Crippen LogP contribution in [-0.2, 0) is 4.79 Å². The fraction of sp³-hybridized carbons (Fsp3) is 0.250. The number of aromatic nitrogens is 1. The third-order valence-electron chi connectivity index (χ3n) is 1.67. The molecule has 0 fully saturated rings. The van der Waals surface area contributed by atoms with Gasteiger partial charge in [-0.25, -0.2) is 9.78 Å². The van der Waals surface area contributed by atoms with Crippen LogP contribution >= 0.6 is 15.9 Å². The Kier molecular flexibility index (Phi) is 3.56. The number of hydrogen-bond donors (Lipinski definition) is 3. The zero-order chi connectivity index (χ0) is 10.7. The number of halogens is 1. The van der Waals surface area contributed by atoms with Crippen molar-refractivity contribution in [1.29, 1.82) is 0 Å². The Labute approximate surface area is 88.7 Å². The Morgan fingerprint density at radius 1 is 1.57 bits per heavy atom. The van der Waals surface area contributed by atoms with E-state index in [0.29, 0.717) is 10.3 Å². The molecule has 0 saturated heterocycles. The number of carbonyl (C=O) groups is 1. The van der Waals surface area contributed by atoms with E-state index in [1.165, 1.54) is 0 Å². The smallest absolute Gasteiger partial charge is 0.334 e. The molecular weight excluding hydrogens is 252 g/mol. The maximum Gasteiger partial charge on any atom is 0.334 e. The minimum atomic E-state index is -1.64. The lowest BCUT2D eigenvalue weighted by molar-refractivity contribution is -0.147. The predicted octanol–water partition coefficient (Wildman–Crippen LogP) is 0.289. The average molecular weight is 261 g/mol. The first kappa shape index (κ1) is 11.1. The van der Waals surface area contributed by atoms with Gasteiger partial charge in [-0.3, -0.25) is 0 Å². The second kappa shape index (κ2) is 4.50. The summed E-state index contributed by atoms with van der Waals surface area (Å²) >= 11 is 3.12. The highest BCUT2D eigenvalue weighted by Gasteiger charge is 2.24. The Hall–Kier alpha value is -0.980. The molecule has 4 N–H and O–H groups in total. The summed E-state index contributed by atoms with van der Waals surface area (Å²) in [6, 6.07) is 3.89. The predicted molar refractivity (Wildman–Crippen MR) is 52.5 cm³/mol. The van der Waals surface area contributed by atoms with Gasteiger partial charge in [0.05, 0.1) is 11.7 Å². The number of nitrogens with zero attached hydrogens (tertiary/aromatic N) is 1. The van der Waals surface area contributed by atoms with Crippen LogP contribution in [0.1, 0.15) is 11.7 Å². The Balaban J connectivity index is 2.89. The second-order valence-electron chi connectivity index (χ2n) is 2.69. The van der Waals surface area contributed by atoms with Crippen molar-refractivity contribution in [1.82, 2.24) is 4.98 Å². The van der Waals surface area contributed by atoms with E-state index in [-0.39, 0.29) is 0 Å². The van der Waals surface area contributed by atoms with Crippen LogP contribution < -0.4 is 5.73 Å². The lowest BCUT2D eigenvalue weighted by Crippen LogP contribution is -2.33.